The third-order valence-corrected chi connectivity index (χ3v) is 14.5. The summed E-state index contributed by atoms with van der Waals surface area (Å²) < 4.78 is 10.0. The Morgan fingerprint density at radius 1 is 1.07 bits per heavy atom. The molecule has 5 aliphatic rings. The van der Waals surface area contributed by atoms with Gasteiger partial charge < -0.3 is 35.6 Å². The fourth-order valence-electron chi connectivity index (χ4n) is 10.8. The number of pyridine rings is 1. The molecule has 308 valence electrons. The number of aromatic nitrogens is 4. The van der Waals surface area contributed by atoms with Crippen LogP contribution in [0.3, 0.4) is 0 Å². The largest absolute Gasteiger partial charge is 0.476 e. The molecule has 58 heavy (non-hydrogen) atoms. The number of thiazole rings is 1. The number of allylic oxidation sites excluding steroid dienone is 2. The molecular weight excluding hydrogens is 755 g/mol. The molecule has 14 nitrogen and oxygen atoms in total. The van der Waals surface area contributed by atoms with Crippen molar-refractivity contribution in [2.75, 3.05) is 43.1 Å². The molecule has 3 aliphatic carbocycles. The van der Waals surface area contributed by atoms with Gasteiger partial charge in [0.25, 0.3) is 0 Å². The predicted molar refractivity (Wildman–Crippen MR) is 224 cm³/mol. The van der Waals surface area contributed by atoms with Crippen LogP contribution in [-0.2, 0) is 11.3 Å². The summed E-state index contributed by atoms with van der Waals surface area (Å²) in [5, 5.41) is 41.8. The number of hydrogen-bond donors (Lipinski definition) is 7. The smallest absolute Gasteiger partial charge is 0.355 e. The number of aromatic carboxylic acids is 1. The quantitative estimate of drug-likeness (QED) is 0.0706. The highest BCUT2D eigenvalue weighted by molar-refractivity contribution is 7.22. The highest BCUT2D eigenvalue weighted by Crippen LogP contribution is 2.62. The third kappa shape index (κ3) is 7.36. The molecule has 0 radical (unpaired) electrons. The van der Waals surface area contributed by atoms with Gasteiger partial charge >= 0.3 is 5.97 Å². The zero-order valence-corrected chi connectivity index (χ0v) is 34.2. The predicted octanol–water partition coefficient (Wildman–Crippen LogP) is 5.90. The second-order valence-corrected chi connectivity index (χ2v) is 18.2. The summed E-state index contributed by atoms with van der Waals surface area (Å²) in [4.78, 5) is 24.5. The second kappa shape index (κ2) is 15.9. The number of aliphatic hydroxyl groups is 2. The number of fused-ring (bicyclic) bond motifs is 3. The van der Waals surface area contributed by atoms with Crippen LogP contribution in [0, 0.1) is 24.2 Å². The summed E-state index contributed by atoms with van der Waals surface area (Å²) in [7, 11) is 0. The van der Waals surface area contributed by atoms with Crippen LogP contribution in [0.25, 0.3) is 21.3 Å². The first-order valence-electron chi connectivity index (χ1n) is 20.9. The Hall–Kier alpha value is -4.54. The van der Waals surface area contributed by atoms with Gasteiger partial charge in [-0.1, -0.05) is 23.5 Å². The van der Waals surface area contributed by atoms with Gasteiger partial charge in [-0.15, -0.1) is 0 Å². The zero-order valence-electron chi connectivity index (χ0n) is 33.4. The van der Waals surface area contributed by atoms with Gasteiger partial charge in [0.15, 0.2) is 10.8 Å². The molecule has 1 aromatic carbocycles. The number of nitrogens with one attached hydrogen (secondary N) is 4. The summed E-state index contributed by atoms with van der Waals surface area (Å²) in [6, 6.07) is 11.9. The Bertz CT molecular complexity index is 2220. The standard InChI is InChI=1S/C43H55N9O5S/c1-26-31-7-5-17-51(39(31)50-49-38(26)48-41-46-34-8-3-4-9-35(34)58-41)36-11-10-32(37(47-36)40(55)56)33-23-45-52(27(33)2)25-42-13-6-14-43(21-28(20-42)19-29(43)22-42)57-18-16-44-15-12-30(54)24-53/h3-4,8-11,23,28-30,44,49-50,53-54H,5-7,12-22,24-25H2,1-2H3,(H,46,48)(H,55,56). The highest BCUT2D eigenvalue weighted by Gasteiger charge is 2.57. The van der Waals surface area contributed by atoms with E-state index in [2.05, 4.69) is 51.0 Å². The van der Waals surface area contributed by atoms with Gasteiger partial charge in [-0.25, -0.2) is 14.8 Å². The lowest BCUT2D eigenvalue weighted by Crippen LogP contribution is -2.47. The van der Waals surface area contributed by atoms with Crippen LogP contribution in [0.5, 0.6) is 0 Å². The second-order valence-electron chi connectivity index (χ2n) is 17.2. The van der Waals surface area contributed by atoms with Crippen molar-refractivity contribution in [3.05, 3.63) is 76.8 Å². The summed E-state index contributed by atoms with van der Waals surface area (Å²) in [6.07, 6.45) is 11.4. The molecule has 0 amide bonds. The van der Waals surface area contributed by atoms with E-state index >= 15 is 0 Å². The maximum absolute atomic E-state index is 12.9. The summed E-state index contributed by atoms with van der Waals surface area (Å²) >= 11 is 1.61. The van der Waals surface area contributed by atoms with E-state index in [1.54, 1.807) is 11.3 Å². The minimum absolute atomic E-state index is 0.0198. The van der Waals surface area contributed by atoms with Crippen molar-refractivity contribution in [2.45, 2.75) is 96.3 Å². The first-order chi connectivity index (χ1) is 28.1. The Labute approximate surface area is 342 Å². The van der Waals surface area contributed by atoms with Crippen molar-refractivity contribution in [3.8, 4) is 11.1 Å². The molecule has 9 rings (SSSR count). The van der Waals surface area contributed by atoms with E-state index in [9.17, 15) is 15.0 Å². The molecule has 3 saturated carbocycles. The van der Waals surface area contributed by atoms with E-state index in [0.29, 0.717) is 49.3 Å². The molecule has 4 aromatic rings. The molecule has 7 N–H and O–H groups in total. The number of carbonyl (C=O) groups is 1. The average Bonchev–Trinajstić information content (AvgIpc) is 3.86. The molecule has 3 aromatic heterocycles. The fourth-order valence-corrected chi connectivity index (χ4v) is 11.6. The van der Waals surface area contributed by atoms with Crippen LogP contribution in [0.1, 0.15) is 87.3 Å². The van der Waals surface area contributed by atoms with Gasteiger partial charge in [-0.3, -0.25) is 15.5 Å². The number of aliphatic hydroxyl groups excluding tert-OH is 2. The van der Waals surface area contributed by atoms with Gasteiger partial charge in [0.2, 0.25) is 0 Å². The van der Waals surface area contributed by atoms with E-state index in [1.165, 1.54) is 12.8 Å². The summed E-state index contributed by atoms with van der Waals surface area (Å²) in [6.45, 7) is 7.50. The lowest BCUT2D eigenvalue weighted by molar-refractivity contribution is -0.0771. The van der Waals surface area contributed by atoms with E-state index in [-0.39, 0.29) is 23.3 Å². The summed E-state index contributed by atoms with van der Waals surface area (Å²) in [5.41, 5.74) is 12.3. The third-order valence-electron chi connectivity index (χ3n) is 13.5. The number of para-hydroxylation sites is 1. The molecule has 3 fully saturated rings. The molecule has 5 unspecified atom stereocenters. The first kappa shape index (κ1) is 38.9. The van der Waals surface area contributed by atoms with E-state index < -0.39 is 12.1 Å². The van der Waals surface area contributed by atoms with Crippen LogP contribution in [0.15, 0.2) is 65.4 Å². The number of benzene rings is 1. The number of anilines is 2. The molecule has 3 bridgehead atoms. The molecule has 2 aliphatic heterocycles. The minimum atomic E-state index is -1.07. The van der Waals surface area contributed by atoms with Crippen LogP contribution in [0.4, 0.5) is 10.9 Å². The highest BCUT2D eigenvalue weighted by atomic mass is 32.1. The van der Waals surface area contributed by atoms with Crippen molar-refractivity contribution in [2.24, 2.45) is 17.3 Å². The Morgan fingerprint density at radius 2 is 1.95 bits per heavy atom. The number of ether oxygens (including phenoxy) is 1. The Morgan fingerprint density at radius 3 is 2.79 bits per heavy atom. The number of nitrogens with zero attached hydrogens (tertiary/aromatic N) is 5. The van der Waals surface area contributed by atoms with Crippen LogP contribution < -0.4 is 26.4 Å². The molecule has 5 heterocycles. The van der Waals surface area contributed by atoms with Gasteiger partial charge in [0.1, 0.15) is 17.5 Å². The van der Waals surface area contributed by atoms with Crippen LogP contribution >= 0.6 is 11.3 Å². The van der Waals surface area contributed by atoms with Crippen molar-refractivity contribution in [1.29, 1.82) is 0 Å². The van der Waals surface area contributed by atoms with Crippen molar-refractivity contribution in [3.63, 3.8) is 0 Å². The monoisotopic (exact) mass is 809 g/mol. The maximum atomic E-state index is 12.9. The lowest BCUT2D eigenvalue weighted by atomic mass is 9.67. The van der Waals surface area contributed by atoms with Crippen molar-refractivity contribution in [1.82, 2.24) is 35.9 Å². The minimum Gasteiger partial charge on any atom is -0.476 e. The van der Waals surface area contributed by atoms with Crippen LogP contribution in [0.2, 0.25) is 0 Å². The number of carboxylic acid groups (broad SMARTS) is 1. The molecule has 15 heteroatoms. The Balaban J connectivity index is 0.904. The van der Waals surface area contributed by atoms with Crippen molar-refractivity contribution >= 4 is 38.5 Å². The molecule has 5 atom stereocenters. The fraction of sp³-hybridized carbons (Fsp3) is 0.535. The topological polar surface area (TPSA) is 182 Å². The molecular formula is C43H55N9O5S. The number of hydrazine groups is 1. The molecule has 0 saturated heterocycles. The normalized spacial score (nSPS) is 25.8. The Kier molecular flexibility index (Phi) is 10.7. The van der Waals surface area contributed by atoms with E-state index in [1.807, 2.05) is 36.5 Å². The summed E-state index contributed by atoms with van der Waals surface area (Å²) in [5.74, 6) is 2.40. The number of carboxylic acids is 1. The van der Waals surface area contributed by atoms with E-state index in [0.717, 1.165) is 107 Å². The van der Waals surface area contributed by atoms with Gasteiger partial charge in [-0.05, 0) is 132 Å². The average molecular weight is 810 g/mol. The van der Waals surface area contributed by atoms with Gasteiger partial charge in [-0.2, -0.15) is 5.10 Å². The number of hydrogen-bond acceptors (Lipinski definition) is 13. The SMILES string of the molecule is CC1=C(Nc2nc3ccccc3s2)NNC2=C1CCCN2c1ccc(-c2cnn(CC34CCCC5(OCCNCCC(O)CO)CC(CC5C3)C4)c2C)c(C(=O)O)n1. The zero-order chi connectivity index (χ0) is 40.0. The van der Waals surface area contributed by atoms with E-state index in [4.69, 9.17) is 24.9 Å². The van der Waals surface area contributed by atoms with Crippen LogP contribution in [-0.4, -0.2) is 85.6 Å². The van der Waals surface area contributed by atoms with Gasteiger partial charge in [0.05, 0.1) is 41.3 Å². The first-order valence-corrected chi connectivity index (χ1v) is 21.7. The van der Waals surface area contributed by atoms with Gasteiger partial charge in [0, 0.05) is 42.0 Å². The van der Waals surface area contributed by atoms with Crippen molar-refractivity contribution < 1.29 is 24.9 Å². The number of rotatable bonds is 15. The molecule has 0 spiro atoms. The lowest BCUT2D eigenvalue weighted by Gasteiger charge is -2.41. The maximum Gasteiger partial charge on any atom is 0.355 e.